The zero-order valence-corrected chi connectivity index (χ0v) is 16.1. The summed E-state index contributed by atoms with van der Waals surface area (Å²) in [6.07, 6.45) is 6.30. The van der Waals surface area contributed by atoms with Crippen LogP contribution in [0.4, 0.5) is 0 Å². The van der Waals surface area contributed by atoms with E-state index in [1.165, 1.54) is 6.07 Å². The highest BCUT2D eigenvalue weighted by molar-refractivity contribution is 5.90. The number of carbonyl (C=O) groups is 2. The summed E-state index contributed by atoms with van der Waals surface area (Å²) in [5.41, 5.74) is 2.74. The molecule has 2 atom stereocenters. The summed E-state index contributed by atoms with van der Waals surface area (Å²) in [5.74, 6) is -0.461. The van der Waals surface area contributed by atoms with E-state index >= 15 is 0 Å². The molecule has 3 heterocycles. The lowest BCUT2D eigenvalue weighted by atomic mass is 9.93. The number of hydrogen-bond acceptors (Lipinski definition) is 4. The maximum Gasteiger partial charge on any atom is 0.247 e. The molecule has 8 heteroatoms. The monoisotopic (exact) mass is 383 g/mol. The number of hydrogen-bond donors (Lipinski definition) is 2. The van der Waals surface area contributed by atoms with Gasteiger partial charge in [0.05, 0.1) is 18.2 Å². The Bertz CT molecular complexity index is 938. The Morgan fingerprint density at radius 1 is 1.32 bits per heavy atom. The first-order valence-electron chi connectivity index (χ1n) is 9.70. The third-order valence-electron chi connectivity index (χ3n) is 5.79. The zero-order valence-electron chi connectivity index (χ0n) is 16.1. The number of nitrogens with zero attached hydrogens (tertiary/aromatic N) is 3. The minimum absolute atomic E-state index is 0.0523. The van der Waals surface area contributed by atoms with Gasteiger partial charge in [-0.25, -0.2) is 0 Å². The Labute approximate surface area is 162 Å². The van der Waals surface area contributed by atoms with Crippen molar-refractivity contribution < 1.29 is 9.59 Å². The van der Waals surface area contributed by atoms with Crippen LogP contribution < -0.4 is 10.9 Å². The normalized spacial score (nSPS) is 21.9. The van der Waals surface area contributed by atoms with Crippen LogP contribution >= 0.6 is 0 Å². The predicted octanol–water partition coefficient (Wildman–Crippen LogP) is 0.828. The fourth-order valence-electron chi connectivity index (χ4n) is 4.01. The highest BCUT2D eigenvalue weighted by Crippen LogP contribution is 2.45. The summed E-state index contributed by atoms with van der Waals surface area (Å²) in [4.78, 5) is 41.3. The first-order chi connectivity index (χ1) is 13.5. The van der Waals surface area contributed by atoms with Crippen molar-refractivity contribution in [3.63, 3.8) is 0 Å². The second kappa shape index (κ2) is 7.26. The van der Waals surface area contributed by atoms with Gasteiger partial charge < -0.3 is 15.2 Å². The van der Waals surface area contributed by atoms with Gasteiger partial charge in [-0.15, -0.1) is 0 Å². The van der Waals surface area contributed by atoms with E-state index < -0.39 is 5.92 Å². The number of amides is 2. The molecular weight excluding hydrogens is 358 g/mol. The van der Waals surface area contributed by atoms with Crippen LogP contribution in [0.1, 0.15) is 42.1 Å². The van der Waals surface area contributed by atoms with Crippen molar-refractivity contribution in [2.45, 2.75) is 44.7 Å². The number of aromatic nitrogens is 3. The molecule has 2 fully saturated rings. The van der Waals surface area contributed by atoms with Crippen molar-refractivity contribution in [3.05, 3.63) is 51.7 Å². The fourth-order valence-corrected chi connectivity index (χ4v) is 4.01. The minimum Gasteiger partial charge on any atom is -0.355 e. The van der Waals surface area contributed by atoms with Crippen molar-refractivity contribution in [1.29, 1.82) is 0 Å². The third-order valence-corrected chi connectivity index (χ3v) is 5.79. The van der Waals surface area contributed by atoms with E-state index in [0.717, 1.165) is 29.7 Å². The third kappa shape index (κ3) is 3.46. The Balaban J connectivity index is 1.48. The van der Waals surface area contributed by atoms with E-state index in [-0.39, 0.29) is 35.9 Å². The van der Waals surface area contributed by atoms with Crippen LogP contribution in [0, 0.1) is 12.8 Å². The number of nitrogens with one attached hydrogen (secondary N) is 2. The van der Waals surface area contributed by atoms with Crippen molar-refractivity contribution in [2.75, 3.05) is 6.54 Å². The molecule has 0 radical (unpaired) electrons. The molecule has 2 aromatic rings. The molecule has 2 amide bonds. The lowest BCUT2D eigenvalue weighted by Crippen LogP contribution is -2.37. The van der Waals surface area contributed by atoms with E-state index in [4.69, 9.17) is 0 Å². The van der Waals surface area contributed by atoms with Gasteiger partial charge >= 0.3 is 0 Å². The topological polar surface area (TPSA) is 100 Å². The summed E-state index contributed by atoms with van der Waals surface area (Å²) >= 11 is 0. The lowest BCUT2D eigenvalue weighted by Gasteiger charge is -2.28. The van der Waals surface area contributed by atoms with Gasteiger partial charge in [0.25, 0.3) is 0 Å². The summed E-state index contributed by atoms with van der Waals surface area (Å²) in [7, 11) is 1.87. The van der Waals surface area contributed by atoms with Crippen LogP contribution in [-0.4, -0.2) is 44.1 Å². The highest BCUT2D eigenvalue weighted by Gasteiger charge is 2.50. The van der Waals surface area contributed by atoms with Crippen molar-refractivity contribution in [2.24, 2.45) is 13.0 Å². The Morgan fingerprint density at radius 2 is 2.11 bits per heavy atom. The Kier molecular flexibility index (Phi) is 4.78. The molecular formula is C20H25N5O3. The van der Waals surface area contributed by atoms with E-state index in [2.05, 4.69) is 15.4 Å². The molecule has 0 aromatic carbocycles. The molecule has 1 saturated heterocycles. The van der Waals surface area contributed by atoms with E-state index in [0.29, 0.717) is 13.0 Å². The van der Waals surface area contributed by atoms with Gasteiger partial charge in [0, 0.05) is 49.6 Å². The number of pyridine rings is 1. The highest BCUT2D eigenvalue weighted by atomic mass is 16.2. The summed E-state index contributed by atoms with van der Waals surface area (Å²) in [5, 5.41) is 7.30. The van der Waals surface area contributed by atoms with Gasteiger partial charge in [-0.2, -0.15) is 5.10 Å². The minimum atomic E-state index is -0.411. The molecule has 28 heavy (non-hydrogen) atoms. The molecule has 2 aromatic heterocycles. The second-order valence-corrected chi connectivity index (χ2v) is 7.70. The van der Waals surface area contributed by atoms with Crippen molar-refractivity contribution in [3.8, 4) is 0 Å². The van der Waals surface area contributed by atoms with Crippen LogP contribution in [0.5, 0.6) is 0 Å². The summed E-state index contributed by atoms with van der Waals surface area (Å²) in [6.45, 7) is 2.43. The SMILES string of the molecule is Cc1c([C@@H]2[C@@H](C(=O)NCCc3ccc(=O)[nH]c3)CC(=O)N2C2CC2)cnn1C. The van der Waals surface area contributed by atoms with Crippen LogP contribution in [0.25, 0.3) is 0 Å². The van der Waals surface area contributed by atoms with Gasteiger partial charge in [0.2, 0.25) is 17.4 Å². The van der Waals surface area contributed by atoms with Crippen LogP contribution in [0.2, 0.25) is 0 Å². The molecule has 1 aliphatic carbocycles. The molecule has 2 N–H and O–H groups in total. The van der Waals surface area contributed by atoms with Crippen LogP contribution in [-0.2, 0) is 23.1 Å². The number of aryl methyl sites for hydroxylation is 1. The maximum absolute atomic E-state index is 13.0. The van der Waals surface area contributed by atoms with E-state index in [1.807, 2.05) is 18.9 Å². The predicted molar refractivity (Wildman–Crippen MR) is 102 cm³/mol. The number of H-pyrrole nitrogens is 1. The molecule has 8 nitrogen and oxygen atoms in total. The smallest absolute Gasteiger partial charge is 0.247 e. The van der Waals surface area contributed by atoms with Crippen LogP contribution in [0.15, 0.2) is 29.3 Å². The zero-order chi connectivity index (χ0) is 19.8. The maximum atomic E-state index is 13.0. The molecule has 0 bridgehead atoms. The van der Waals surface area contributed by atoms with Gasteiger partial charge in [-0.05, 0) is 31.7 Å². The van der Waals surface area contributed by atoms with Crippen molar-refractivity contribution in [1.82, 2.24) is 25.0 Å². The Morgan fingerprint density at radius 3 is 2.71 bits per heavy atom. The molecule has 148 valence electrons. The first kappa shape index (κ1) is 18.5. The molecule has 0 unspecified atom stereocenters. The number of likely N-dealkylation sites (tertiary alicyclic amines) is 1. The average Bonchev–Trinajstić information content (AvgIpc) is 3.38. The lowest BCUT2D eigenvalue weighted by molar-refractivity contribution is -0.129. The molecule has 0 spiro atoms. The van der Waals surface area contributed by atoms with Gasteiger partial charge in [0.1, 0.15) is 0 Å². The number of aromatic amines is 1. The van der Waals surface area contributed by atoms with E-state index in [1.54, 1.807) is 23.1 Å². The molecule has 1 saturated carbocycles. The largest absolute Gasteiger partial charge is 0.355 e. The quantitative estimate of drug-likeness (QED) is 0.772. The van der Waals surface area contributed by atoms with E-state index in [9.17, 15) is 14.4 Å². The first-order valence-corrected chi connectivity index (χ1v) is 9.70. The summed E-state index contributed by atoms with van der Waals surface area (Å²) in [6, 6.07) is 3.22. The fraction of sp³-hybridized carbons (Fsp3) is 0.500. The van der Waals surface area contributed by atoms with Gasteiger partial charge in [-0.1, -0.05) is 6.07 Å². The molecule has 1 aliphatic heterocycles. The van der Waals surface area contributed by atoms with Crippen molar-refractivity contribution >= 4 is 11.8 Å². The average molecular weight is 383 g/mol. The van der Waals surface area contributed by atoms with Crippen LogP contribution in [0.3, 0.4) is 0 Å². The summed E-state index contributed by atoms with van der Waals surface area (Å²) < 4.78 is 1.79. The molecule has 2 aliphatic rings. The number of carbonyl (C=O) groups excluding carboxylic acids is 2. The number of rotatable bonds is 6. The second-order valence-electron chi connectivity index (χ2n) is 7.70. The standard InChI is InChI=1S/C20H25N5O3/c1-12-16(11-23-24(12)2)19-15(9-18(27)25(19)14-4-5-14)20(28)21-8-7-13-3-6-17(26)22-10-13/h3,6,10-11,14-15,19H,4-5,7-9H2,1-2H3,(H,21,28)(H,22,26)/t15-,19-/m0/s1. The molecule has 4 rings (SSSR count). The Hall–Kier alpha value is -2.90. The van der Waals surface area contributed by atoms with Gasteiger partial charge in [-0.3, -0.25) is 19.1 Å². The van der Waals surface area contributed by atoms with Gasteiger partial charge in [0.15, 0.2) is 0 Å².